The molecule has 2 aromatic rings. The molecule has 0 fully saturated rings. The summed E-state index contributed by atoms with van der Waals surface area (Å²) in [6.07, 6.45) is 1.58. The highest BCUT2D eigenvalue weighted by Crippen LogP contribution is 2.34. The minimum atomic E-state index is -0.445. The van der Waals surface area contributed by atoms with Gasteiger partial charge in [0.15, 0.2) is 0 Å². The van der Waals surface area contributed by atoms with Crippen molar-refractivity contribution >= 4 is 0 Å². The summed E-state index contributed by atoms with van der Waals surface area (Å²) in [7, 11) is 3.18. The second kappa shape index (κ2) is 4.84. The van der Waals surface area contributed by atoms with Crippen LogP contribution in [0, 0.1) is 0 Å². The molecule has 90 valence electrons. The van der Waals surface area contributed by atoms with Gasteiger partial charge in [0.2, 0.25) is 0 Å². The van der Waals surface area contributed by atoms with Gasteiger partial charge < -0.3 is 15.2 Å². The molecule has 0 aliphatic rings. The summed E-state index contributed by atoms with van der Waals surface area (Å²) in [5.74, 6) is 1.33. The molecule has 0 saturated heterocycles. The summed E-state index contributed by atoms with van der Waals surface area (Å²) < 4.78 is 10.6. The molecule has 0 saturated carbocycles. The molecule has 1 heterocycles. The van der Waals surface area contributed by atoms with Crippen molar-refractivity contribution < 1.29 is 9.47 Å². The Hall–Kier alpha value is -2.08. The van der Waals surface area contributed by atoms with Gasteiger partial charge in [-0.3, -0.25) is 0 Å². The number of ether oxygens (including phenoxy) is 2. The third-order valence-corrected chi connectivity index (χ3v) is 2.53. The normalized spacial score (nSPS) is 12.2. The number of hydrogen-bond acceptors (Lipinski definition) is 5. The Kier molecular flexibility index (Phi) is 3.24. The van der Waals surface area contributed by atoms with Crippen LogP contribution in [-0.2, 0) is 0 Å². The molecular weight excluding hydrogens is 220 g/mol. The van der Waals surface area contributed by atoms with Gasteiger partial charge in [-0.2, -0.15) is 15.4 Å². The van der Waals surface area contributed by atoms with E-state index >= 15 is 0 Å². The largest absolute Gasteiger partial charge is 0.496 e. The molecule has 17 heavy (non-hydrogen) atoms. The van der Waals surface area contributed by atoms with E-state index in [9.17, 15) is 0 Å². The van der Waals surface area contributed by atoms with Crippen LogP contribution in [0.3, 0.4) is 0 Å². The lowest BCUT2D eigenvalue weighted by Crippen LogP contribution is -2.15. The van der Waals surface area contributed by atoms with E-state index < -0.39 is 6.04 Å². The summed E-state index contributed by atoms with van der Waals surface area (Å²) in [6.45, 7) is 0. The van der Waals surface area contributed by atoms with E-state index in [0.717, 1.165) is 5.56 Å². The molecule has 1 aromatic heterocycles. The fraction of sp³-hybridized carbons (Fsp3) is 0.273. The van der Waals surface area contributed by atoms with Gasteiger partial charge >= 0.3 is 0 Å². The van der Waals surface area contributed by atoms with Gasteiger partial charge in [-0.1, -0.05) is 6.07 Å². The SMILES string of the molecule is COc1cccc(OC)c1C(N)c1cn[nH]n1. The Morgan fingerprint density at radius 2 is 1.88 bits per heavy atom. The molecule has 0 aliphatic carbocycles. The lowest BCUT2D eigenvalue weighted by molar-refractivity contribution is 0.382. The smallest absolute Gasteiger partial charge is 0.127 e. The second-order valence-corrected chi connectivity index (χ2v) is 3.45. The van der Waals surface area contributed by atoms with Crippen LogP contribution in [0.1, 0.15) is 17.3 Å². The van der Waals surface area contributed by atoms with E-state index in [1.807, 2.05) is 18.2 Å². The number of rotatable bonds is 4. The summed E-state index contributed by atoms with van der Waals surface area (Å²) >= 11 is 0. The number of hydrogen-bond donors (Lipinski definition) is 2. The first-order chi connectivity index (χ1) is 8.27. The van der Waals surface area contributed by atoms with E-state index in [4.69, 9.17) is 15.2 Å². The highest BCUT2D eigenvalue weighted by Gasteiger charge is 2.20. The van der Waals surface area contributed by atoms with E-state index in [1.54, 1.807) is 20.4 Å². The van der Waals surface area contributed by atoms with Crippen molar-refractivity contribution in [2.45, 2.75) is 6.04 Å². The fourth-order valence-corrected chi connectivity index (χ4v) is 1.69. The highest BCUT2D eigenvalue weighted by atomic mass is 16.5. The Bertz CT molecular complexity index is 462. The van der Waals surface area contributed by atoms with Gasteiger partial charge in [-0.05, 0) is 12.1 Å². The molecule has 1 atom stereocenters. The molecule has 0 aliphatic heterocycles. The molecule has 0 amide bonds. The van der Waals surface area contributed by atoms with Crippen LogP contribution in [0.2, 0.25) is 0 Å². The minimum Gasteiger partial charge on any atom is -0.496 e. The third-order valence-electron chi connectivity index (χ3n) is 2.53. The zero-order valence-corrected chi connectivity index (χ0v) is 9.68. The lowest BCUT2D eigenvalue weighted by Gasteiger charge is -2.16. The van der Waals surface area contributed by atoms with Crippen molar-refractivity contribution in [1.82, 2.24) is 15.4 Å². The molecule has 0 bridgehead atoms. The van der Waals surface area contributed by atoms with E-state index in [-0.39, 0.29) is 0 Å². The number of nitrogens with one attached hydrogen (secondary N) is 1. The summed E-state index contributed by atoms with van der Waals surface area (Å²) in [5.41, 5.74) is 7.52. The van der Waals surface area contributed by atoms with Crippen molar-refractivity contribution in [3.8, 4) is 11.5 Å². The van der Waals surface area contributed by atoms with Crippen LogP contribution in [0.25, 0.3) is 0 Å². The van der Waals surface area contributed by atoms with Gasteiger partial charge in [-0.25, -0.2) is 0 Å². The predicted octanol–water partition coefficient (Wildman–Crippen LogP) is 0.870. The molecule has 0 radical (unpaired) electrons. The van der Waals surface area contributed by atoms with Crippen LogP contribution in [-0.4, -0.2) is 29.6 Å². The summed E-state index contributed by atoms with van der Waals surface area (Å²) in [5, 5.41) is 10.2. The summed E-state index contributed by atoms with van der Waals surface area (Å²) in [4.78, 5) is 0. The average molecular weight is 234 g/mol. The molecule has 6 nitrogen and oxygen atoms in total. The molecule has 6 heteroatoms. The van der Waals surface area contributed by atoms with Crippen molar-refractivity contribution in [2.75, 3.05) is 14.2 Å². The lowest BCUT2D eigenvalue weighted by atomic mass is 10.0. The fourth-order valence-electron chi connectivity index (χ4n) is 1.69. The Morgan fingerprint density at radius 3 is 2.35 bits per heavy atom. The maximum absolute atomic E-state index is 6.13. The Balaban J connectivity index is 2.49. The zero-order chi connectivity index (χ0) is 12.3. The van der Waals surface area contributed by atoms with Crippen LogP contribution < -0.4 is 15.2 Å². The quantitative estimate of drug-likeness (QED) is 0.819. The van der Waals surface area contributed by atoms with Crippen molar-refractivity contribution in [3.63, 3.8) is 0 Å². The van der Waals surface area contributed by atoms with Crippen LogP contribution in [0.15, 0.2) is 24.4 Å². The standard InChI is InChI=1S/C11H14N4O2/c1-16-8-4-3-5-9(17-2)10(8)11(12)7-6-13-15-14-7/h3-6,11H,12H2,1-2H3,(H,13,14,15). The third kappa shape index (κ3) is 2.07. The van der Waals surface area contributed by atoms with E-state index in [0.29, 0.717) is 17.2 Å². The molecule has 0 spiro atoms. The number of benzene rings is 1. The van der Waals surface area contributed by atoms with E-state index in [1.165, 1.54) is 0 Å². The number of nitrogens with two attached hydrogens (primary N) is 1. The summed E-state index contributed by atoms with van der Waals surface area (Å²) in [6, 6.07) is 5.06. The Labute approximate surface area is 98.7 Å². The van der Waals surface area contributed by atoms with Crippen LogP contribution in [0.4, 0.5) is 0 Å². The first-order valence-corrected chi connectivity index (χ1v) is 5.10. The molecule has 2 rings (SSSR count). The first kappa shape index (κ1) is 11.4. The predicted molar refractivity (Wildman–Crippen MR) is 62.0 cm³/mol. The highest BCUT2D eigenvalue weighted by molar-refractivity contribution is 5.49. The number of aromatic nitrogens is 3. The maximum Gasteiger partial charge on any atom is 0.127 e. The molecule has 1 aromatic carbocycles. The van der Waals surface area contributed by atoms with Gasteiger partial charge in [-0.15, -0.1) is 0 Å². The molecule has 3 N–H and O–H groups in total. The van der Waals surface area contributed by atoms with Gasteiger partial charge in [0.25, 0.3) is 0 Å². The second-order valence-electron chi connectivity index (χ2n) is 3.45. The topological polar surface area (TPSA) is 86.0 Å². The van der Waals surface area contributed by atoms with Gasteiger partial charge in [0.1, 0.15) is 17.2 Å². The first-order valence-electron chi connectivity index (χ1n) is 5.10. The van der Waals surface area contributed by atoms with Crippen molar-refractivity contribution in [2.24, 2.45) is 5.73 Å². The number of methoxy groups -OCH3 is 2. The van der Waals surface area contributed by atoms with Crippen molar-refractivity contribution in [1.29, 1.82) is 0 Å². The van der Waals surface area contributed by atoms with Gasteiger partial charge in [0, 0.05) is 0 Å². The number of H-pyrrole nitrogens is 1. The van der Waals surface area contributed by atoms with E-state index in [2.05, 4.69) is 15.4 Å². The average Bonchev–Trinajstić information content (AvgIpc) is 2.90. The van der Waals surface area contributed by atoms with Crippen LogP contribution in [0.5, 0.6) is 11.5 Å². The molecular formula is C11H14N4O2. The van der Waals surface area contributed by atoms with Crippen LogP contribution >= 0.6 is 0 Å². The molecule has 1 unspecified atom stereocenters. The van der Waals surface area contributed by atoms with Crippen molar-refractivity contribution in [3.05, 3.63) is 35.7 Å². The zero-order valence-electron chi connectivity index (χ0n) is 9.68. The number of aromatic amines is 1. The minimum absolute atomic E-state index is 0.445. The monoisotopic (exact) mass is 234 g/mol. The number of nitrogens with zero attached hydrogens (tertiary/aromatic N) is 2. The van der Waals surface area contributed by atoms with Gasteiger partial charge in [0.05, 0.1) is 32.0 Å². The maximum atomic E-state index is 6.13. The Morgan fingerprint density at radius 1 is 1.24 bits per heavy atom.